The van der Waals surface area contributed by atoms with Gasteiger partial charge in [-0.05, 0) is 42.8 Å². The summed E-state index contributed by atoms with van der Waals surface area (Å²) in [5.41, 5.74) is 3.18. The van der Waals surface area contributed by atoms with Crippen LogP contribution in [0.25, 0.3) is 0 Å². The molecule has 0 radical (unpaired) electrons. The van der Waals surface area contributed by atoms with Crippen LogP contribution in [0.3, 0.4) is 0 Å². The predicted octanol–water partition coefficient (Wildman–Crippen LogP) is 3.87. The van der Waals surface area contributed by atoms with Gasteiger partial charge in [-0.25, -0.2) is 4.21 Å². The molecule has 1 aliphatic rings. The minimum absolute atomic E-state index is 0.0224. The van der Waals surface area contributed by atoms with Crippen LogP contribution >= 0.6 is 11.6 Å². The molecule has 3 rings (SSSR count). The van der Waals surface area contributed by atoms with Crippen molar-refractivity contribution in [3.8, 4) is 0 Å². The fraction of sp³-hybridized carbons (Fsp3) is 0.368. The number of hydrogen-bond donors (Lipinski definition) is 0. The monoisotopic (exact) mass is 378 g/mol. The van der Waals surface area contributed by atoms with E-state index in [-0.39, 0.29) is 6.04 Å². The molecule has 0 spiro atoms. The first-order chi connectivity index (χ1) is 12.0. The van der Waals surface area contributed by atoms with Crippen molar-refractivity contribution in [2.75, 3.05) is 38.7 Å². The van der Waals surface area contributed by atoms with Crippen LogP contribution in [0.15, 0.2) is 47.4 Å². The van der Waals surface area contributed by atoms with Gasteiger partial charge in [0, 0.05) is 32.3 Å². The van der Waals surface area contributed by atoms with E-state index in [1.165, 1.54) is 0 Å². The second kappa shape index (κ2) is 7.87. The lowest BCUT2D eigenvalue weighted by Crippen LogP contribution is -2.27. The van der Waals surface area contributed by atoms with Crippen molar-refractivity contribution >= 4 is 28.3 Å². The van der Waals surface area contributed by atoms with Crippen molar-refractivity contribution in [2.45, 2.75) is 17.4 Å². The van der Waals surface area contributed by atoms with Crippen LogP contribution in [0.2, 0.25) is 5.02 Å². The average molecular weight is 379 g/mol. The van der Waals surface area contributed by atoms with Gasteiger partial charge < -0.3 is 4.74 Å². The first kappa shape index (κ1) is 18.4. The molecule has 1 aliphatic heterocycles. The highest BCUT2D eigenvalue weighted by Gasteiger charge is 2.32. The first-order valence-electron chi connectivity index (χ1n) is 8.27. The largest absolute Gasteiger partial charge is 0.385 e. The molecule has 2 atom stereocenters. The van der Waals surface area contributed by atoms with Gasteiger partial charge in [0.25, 0.3) is 0 Å². The van der Waals surface area contributed by atoms with E-state index >= 15 is 0 Å². The smallest absolute Gasteiger partial charge is 0.153 e. The molecule has 0 saturated carbocycles. The molecule has 134 valence electrons. The Bertz CT molecular complexity index is 784. The molecule has 2 aromatic rings. The Hall–Kier alpha value is -1.40. The number of nitrogens with zero attached hydrogens (tertiary/aromatic N) is 2. The van der Waals surface area contributed by atoms with Crippen molar-refractivity contribution in [2.24, 2.45) is 0 Å². The van der Waals surface area contributed by atoms with Gasteiger partial charge in [0.2, 0.25) is 0 Å². The van der Waals surface area contributed by atoms with Crippen LogP contribution in [0, 0.1) is 0 Å². The van der Waals surface area contributed by atoms with Gasteiger partial charge in [0.15, 0.2) is 11.0 Å². The maximum absolute atomic E-state index is 13.1. The average Bonchev–Trinajstić information content (AvgIpc) is 2.70. The summed E-state index contributed by atoms with van der Waals surface area (Å²) in [6.45, 7) is 1.60. The summed E-state index contributed by atoms with van der Waals surface area (Å²) in [5.74, 6) is 0. The van der Waals surface area contributed by atoms with E-state index in [2.05, 4.69) is 18.0 Å². The van der Waals surface area contributed by atoms with E-state index in [4.69, 9.17) is 16.3 Å². The second-order valence-corrected chi connectivity index (χ2v) is 8.14. The lowest BCUT2D eigenvalue weighted by Gasteiger charge is -2.30. The molecule has 0 aliphatic carbocycles. The minimum Gasteiger partial charge on any atom is -0.385 e. The van der Waals surface area contributed by atoms with Crippen LogP contribution in [0.4, 0.5) is 5.69 Å². The van der Waals surface area contributed by atoms with Gasteiger partial charge in [-0.3, -0.25) is 9.21 Å². The molecule has 0 amide bonds. The van der Waals surface area contributed by atoms with E-state index in [0.29, 0.717) is 5.02 Å². The maximum Gasteiger partial charge on any atom is 0.153 e. The summed E-state index contributed by atoms with van der Waals surface area (Å²) in [5, 5.41) is 0.604. The zero-order chi connectivity index (χ0) is 18.0. The van der Waals surface area contributed by atoms with Crippen molar-refractivity contribution in [1.82, 2.24) is 4.90 Å². The maximum atomic E-state index is 13.1. The van der Waals surface area contributed by atoms with E-state index in [0.717, 1.165) is 41.3 Å². The van der Waals surface area contributed by atoms with Crippen molar-refractivity contribution in [3.05, 3.63) is 58.6 Å². The van der Waals surface area contributed by atoms with Crippen molar-refractivity contribution in [3.63, 3.8) is 0 Å². The van der Waals surface area contributed by atoms with Crippen LogP contribution in [-0.2, 0) is 15.7 Å². The third kappa shape index (κ3) is 3.60. The fourth-order valence-corrected chi connectivity index (χ4v) is 4.84. The summed E-state index contributed by atoms with van der Waals surface area (Å²) < 4.78 is 20.1. The molecule has 0 bridgehead atoms. The van der Waals surface area contributed by atoms with Crippen LogP contribution < -0.4 is 4.31 Å². The SMILES string of the molecule is COCCCN(C)C1c2ccccc2N(C)S(=O)c2cc(Cl)ccc21. The summed E-state index contributed by atoms with van der Waals surface area (Å²) in [6, 6.07) is 13.9. The van der Waals surface area contributed by atoms with Crippen LogP contribution in [0.5, 0.6) is 0 Å². The quantitative estimate of drug-likeness (QED) is 0.740. The molecule has 25 heavy (non-hydrogen) atoms. The molecule has 4 nitrogen and oxygen atoms in total. The number of fused-ring (bicyclic) bond motifs is 2. The van der Waals surface area contributed by atoms with E-state index in [9.17, 15) is 4.21 Å². The van der Waals surface area contributed by atoms with Gasteiger partial charge in [-0.1, -0.05) is 35.9 Å². The van der Waals surface area contributed by atoms with Gasteiger partial charge >= 0.3 is 0 Å². The zero-order valence-corrected chi connectivity index (χ0v) is 16.3. The Morgan fingerprint density at radius 3 is 2.76 bits per heavy atom. The lowest BCUT2D eigenvalue weighted by atomic mass is 9.95. The molecule has 0 fully saturated rings. The Morgan fingerprint density at radius 2 is 2.00 bits per heavy atom. The van der Waals surface area contributed by atoms with Crippen molar-refractivity contribution < 1.29 is 8.95 Å². The molecule has 0 N–H and O–H groups in total. The summed E-state index contributed by atoms with van der Waals surface area (Å²) in [6.07, 6.45) is 0.938. The summed E-state index contributed by atoms with van der Waals surface area (Å²) >= 11 is 6.20. The number of methoxy groups -OCH3 is 1. The fourth-order valence-electron chi connectivity index (χ4n) is 3.36. The summed E-state index contributed by atoms with van der Waals surface area (Å²) in [4.78, 5) is 3.07. The summed E-state index contributed by atoms with van der Waals surface area (Å²) in [7, 11) is 4.39. The Kier molecular flexibility index (Phi) is 5.79. The number of benzene rings is 2. The number of ether oxygens (including phenoxy) is 1. The van der Waals surface area contributed by atoms with E-state index in [1.54, 1.807) is 7.11 Å². The van der Waals surface area contributed by atoms with Gasteiger partial charge in [-0.15, -0.1) is 0 Å². The zero-order valence-electron chi connectivity index (χ0n) is 14.7. The van der Waals surface area contributed by atoms with Crippen LogP contribution in [0.1, 0.15) is 23.6 Å². The topological polar surface area (TPSA) is 32.8 Å². The first-order valence-corrected chi connectivity index (χ1v) is 9.76. The molecule has 2 unspecified atom stereocenters. The lowest BCUT2D eigenvalue weighted by molar-refractivity contribution is 0.171. The predicted molar refractivity (Wildman–Crippen MR) is 104 cm³/mol. The highest BCUT2D eigenvalue weighted by molar-refractivity contribution is 7.86. The molecule has 2 aromatic carbocycles. The Balaban J connectivity index is 2.13. The Morgan fingerprint density at radius 1 is 1.24 bits per heavy atom. The molecule has 0 saturated heterocycles. The number of rotatable bonds is 5. The third-order valence-electron chi connectivity index (χ3n) is 4.58. The van der Waals surface area contributed by atoms with Crippen LogP contribution in [-0.4, -0.2) is 43.5 Å². The van der Waals surface area contributed by atoms with Gasteiger partial charge in [-0.2, -0.15) is 0 Å². The highest BCUT2D eigenvalue weighted by Crippen LogP contribution is 2.41. The minimum atomic E-state index is -1.30. The molecule has 6 heteroatoms. The van der Waals surface area contributed by atoms with Crippen molar-refractivity contribution in [1.29, 1.82) is 0 Å². The molecular weight excluding hydrogens is 356 g/mol. The normalized spacial score (nSPS) is 19.5. The number of anilines is 1. The standard InChI is InChI=1S/C19H23ClN2O2S/c1-21(11-6-12-24-3)19-15-7-4-5-8-17(15)22(2)25(23)18-13-14(20)9-10-16(18)19/h4-5,7-10,13,19H,6,11-12H2,1-3H3. The Labute approximate surface area is 156 Å². The third-order valence-corrected chi connectivity index (χ3v) is 6.24. The molecule has 0 aromatic heterocycles. The molecular formula is C19H23ClN2O2S. The van der Waals surface area contributed by atoms with E-state index < -0.39 is 11.0 Å². The van der Waals surface area contributed by atoms with Gasteiger partial charge in [0.05, 0.1) is 16.6 Å². The number of para-hydroxylation sites is 1. The van der Waals surface area contributed by atoms with E-state index in [1.807, 2.05) is 47.8 Å². The second-order valence-electron chi connectivity index (χ2n) is 6.22. The van der Waals surface area contributed by atoms with Gasteiger partial charge in [0.1, 0.15) is 0 Å². The number of halogens is 1. The highest BCUT2D eigenvalue weighted by atomic mass is 35.5. The molecule has 1 heterocycles. The number of hydrogen-bond acceptors (Lipinski definition) is 3.